The first kappa shape index (κ1) is 11.5. The van der Waals surface area contributed by atoms with Crippen LogP contribution in [-0.2, 0) is 0 Å². The van der Waals surface area contributed by atoms with Crippen molar-refractivity contribution in [2.75, 3.05) is 0 Å². The zero-order chi connectivity index (χ0) is 13.2. The highest BCUT2D eigenvalue weighted by Gasteiger charge is 2.12. The molecule has 0 atom stereocenters. The number of benzene rings is 1. The number of aromatic amines is 1. The summed E-state index contributed by atoms with van der Waals surface area (Å²) in [6, 6.07) is 8.60. The number of aromatic nitrogens is 4. The third-order valence-corrected chi connectivity index (χ3v) is 2.56. The molecule has 3 rings (SSSR count). The predicted molar refractivity (Wildman–Crippen MR) is 65.0 cm³/mol. The summed E-state index contributed by atoms with van der Waals surface area (Å²) in [4.78, 5) is 8.25. The number of pyridine rings is 1. The number of nitrogens with zero attached hydrogens (tertiary/aromatic N) is 3. The summed E-state index contributed by atoms with van der Waals surface area (Å²) < 4.78 is 26.4. The Labute approximate surface area is 107 Å². The molecule has 3 aromatic rings. The van der Waals surface area contributed by atoms with Gasteiger partial charge in [0.1, 0.15) is 17.3 Å². The second kappa shape index (κ2) is 4.56. The maximum Gasteiger partial charge on any atom is 0.184 e. The van der Waals surface area contributed by atoms with Gasteiger partial charge in [0.25, 0.3) is 0 Å². The van der Waals surface area contributed by atoms with Crippen LogP contribution in [0.2, 0.25) is 0 Å². The van der Waals surface area contributed by atoms with Crippen LogP contribution in [0.5, 0.6) is 0 Å². The van der Waals surface area contributed by atoms with Gasteiger partial charge in [-0.1, -0.05) is 6.07 Å². The van der Waals surface area contributed by atoms with Gasteiger partial charge in [-0.25, -0.2) is 13.8 Å². The fourth-order valence-electron chi connectivity index (χ4n) is 1.67. The fourth-order valence-corrected chi connectivity index (χ4v) is 1.67. The summed E-state index contributed by atoms with van der Waals surface area (Å²) >= 11 is 0. The first-order valence-electron chi connectivity index (χ1n) is 5.53. The normalized spacial score (nSPS) is 10.6. The van der Waals surface area contributed by atoms with Gasteiger partial charge in [0, 0.05) is 12.3 Å². The highest BCUT2D eigenvalue weighted by Crippen LogP contribution is 2.21. The average molecular weight is 258 g/mol. The van der Waals surface area contributed by atoms with Crippen molar-refractivity contribution in [3.05, 3.63) is 54.2 Å². The van der Waals surface area contributed by atoms with E-state index in [0.717, 1.165) is 12.1 Å². The quantitative estimate of drug-likeness (QED) is 0.769. The van der Waals surface area contributed by atoms with Crippen LogP contribution in [0.4, 0.5) is 8.78 Å². The van der Waals surface area contributed by atoms with E-state index in [2.05, 4.69) is 20.2 Å². The van der Waals surface area contributed by atoms with Crippen LogP contribution >= 0.6 is 0 Å². The molecule has 0 unspecified atom stereocenters. The monoisotopic (exact) mass is 258 g/mol. The van der Waals surface area contributed by atoms with Crippen LogP contribution < -0.4 is 0 Å². The molecule has 94 valence electrons. The van der Waals surface area contributed by atoms with Crippen molar-refractivity contribution in [3.63, 3.8) is 0 Å². The molecule has 0 aliphatic carbocycles. The van der Waals surface area contributed by atoms with Gasteiger partial charge < -0.3 is 0 Å². The summed E-state index contributed by atoms with van der Waals surface area (Å²) in [5.41, 5.74) is 0.739. The van der Waals surface area contributed by atoms with E-state index in [9.17, 15) is 8.78 Å². The van der Waals surface area contributed by atoms with E-state index >= 15 is 0 Å². The number of hydrogen-bond donors (Lipinski definition) is 1. The molecule has 2 heterocycles. The van der Waals surface area contributed by atoms with E-state index < -0.39 is 11.6 Å². The van der Waals surface area contributed by atoms with E-state index in [-0.39, 0.29) is 11.4 Å². The Bertz CT molecular complexity index is 710. The van der Waals surface area contributed by atoms with E-state index in [1.54, 1.807) is 18.3 Å². The molecular weight excluding hydrogens is 250 g/mol. The number of halogens is 2. The molecule has 0 spiro atoms. The molecule has 6 heteroatoms. The summed E-state index contributed by atoms with van der Waals surface area (Å²) in [5, 5.41) is 6.59. The second-order valence-corrected chi connectivity index (χ2v) is 3.85. The summed E-state index contributed by atoms with van der Waals surface area (Å²) in [7, 11) is 0. The van der Waals surface area contributed by atoms with Crippen molar-refractivity contribution in [2.45, 2.75) is 0 Å². The molecule has 4 nitrogen and oxygen atoms in total. The minimum absolute atomic E-state index is 0.139. The maximum absolute atomic E-state index is 13.6. The molecule has 1 aromatic carbocycles. The highest BCUT2D eigenvalue weighted by molar-refractivity contribution is 5.59. The topological polar surface area (TPSA) is 54.5 Å². The lowest BCUT2D eigenvalue weighted by Crippen LogP contribution is -1.88. The van der Waals surface area contributed by atoms with Gasteiger partial charge in [-0.2, -0.15) is 5.10 Å². The first-order valence-corrected chi connectivity index (χ1v) is 5.53. The molecule has 2 aromatic heterocycles. The molecule has 19 heavy (non-hydrogen) atoms. The van der Waals surface area contributed by atoms with Gasteiger partial charge in [-0.05, 0) is 24.3 Å². The molecule has 0 bridgehead atoms. The average Bonchev–Trinajstić information content (AvgIpc) is 2.89. The Kier molecular flexibility index (Phi) is 2.75. The minimum Gasteiger partial charge on any atom is -0.257 e. The Morgan fingerprint density at radius 3 is 2.68 bits per heavy atom. The van der Waals surface area contributed by atoms with Crippen LogP contribution in [0.25, 0.3) is 22.9 Å². The maximum atomic E-state index is 13.6. The van der Waals surface area contributed by atoms with E-state index in [4.69, 9.17) is 0 Å². The summed E-state index contributed by atoms with van der Waals surface area (Å²) in [6.07, 6.45) is 1.62. The van der Waals surface area contributed by atoms with Crippen molar-refractivity contribution in [3.8, 4) is 22.9 Å². The van der Waals surface area contributed by atoms with Crippen LogP contribution in [-0.4, -0.2) is 20.2 Å². The third kappa shape index (κ3) is 2.20. The summed E-state index contributed by atoms with van der Waals surface area (Å²) in [5.74, 6) is -0.745. The molecular formula is C13H8F2N4. The third-order valence-electron chi connectivity index (χ3n) is 2.56. The Balaban J connectivity index is 2.02. The van der Waals surface area contributed by atoms with Crippen LogP contribution in [0.1, 0.15) is 0 Å². The van der Waals surface area contributed by atoms with Crippen molar-refractivity contribution in [1.29, 1.82) is 0 Å². The van der Waals surface area contributed by atoms with Gasteiger partial charge in [0.2, 0.25) is 0 Å². The van der Waals surface area contributed by atoms with Gasteiger partial charge in [-0.15, -0.1) is 0 Å². The van der Waals surface area contributed by atoms with E-state index in [1.807, 2.05) is 6.07 Å². The first-order chi connectivity index (χ1) is 9.24. The smallest absolute Gasteiger partial charge is 0.184 e. The number of H-pyrrole nitrogens is 1. The highest BCUT2D eigenvalue weighted by atomic mass is 19.1. The van der Waals surface area contributed by atoms with Crippen LogP contribution in [0.3, 0.4) is 0 Å². The molecule has 0 fully saturated rings. The molecule has 0 aliphatic heterocycles. The lowest BCUT2D eigenvalue weighted by Gasteiger charge is -1.97. The van der Waals surface area contributed by atoms with Crippen LogP contribution in [0.15, 0.2) is 42.6 Å². The molecule has 0 saturated heterocycles. The van der Waals surface area contributed by atoms with E-state index in [1.165, 1.54) is 6.07 Å². The van der Waals surface area contributed by atoms with Crippen molar-refractivity contribution in [1.82, 2.24) is 20.2 Å². The Morgan fingerprint density at radius 2 is 1.95 bits per heavy atom. The van der Waals surface area contributed by atoms with Crippen molar-refractivity contribution >= 4 is 0 Å². The zero-order valence-corrected chi connectivity index (χ0v) is 9.64. The lowest BCUT2D eigenvalue weighted by atomic mass is 10.2. The van der Waals surface area contributed by atoms with Gasteiger partial charge in [0.05, 0.1) is 5.56 Å². The minimum atomic E-state index is -0.702. The molecule has 1 N–H and O–H groups in total. The fraction of sp³-hybridized carbons (Fsp3) is 0. The Hall–Kier alpha value is -2.63. The van der Waals surface area contributed by atoms with Gasteiger partial charge >= 0.3 is 0 Å². The molecule has 0 amide bonds. The summed E-state index contributed by atoms with van der Waals surface area (Å²) in [6.45, 7) is 0. The number of nitrogens with one attached hydrogen (secondary N) is 1. The SMILES string of the molecule is Fc1ccc(-c2n[nH]c(-c3ccccn3)n2)c(F)c1. The second-order valence-electron chi connectivity index (χ2n) is 3.85. The number of hydrogen-bond acceptors (Lipinski definition) is 3. The predicted octanol–water partition coefficient (Wildman–Crippen LogP) is 2.81. The van der Waals surface area contributed by atoms with Gasteiger partial charge in [0.15, 0.2) is 11.6 Å². The van der Waals surface area contributed by atoms with Crippen LogP contribution in [0, 0.1) is 11.6 Å². The lowest BCUT2D eigenvalue weighted by molar-refractivity contribution is 0.585. The van der Waals surface area contributed by atoms with E-state index in [0.29, 0.717) is 11.5 Å². The number of rotatable bonds is 2. The zero-order valence-electron chi connectivity index (χ0n) is 9.64. The van der Waals surface area contributed by atoms with Crippen molar-refractivity contribution in [2.24, 2.45) is 0 Å². The molecule has 0 radical (unpaired) electrons. The standard InChI is InChI=1S/C13H8F2N4/c14-8-4-5-9(10(15)7-8)12-17-13(19-18-12)11-3-1-2-6-16-11/h1-7H,(H,17,18,19). The Morgan fingerprint density at radius 1 is 1.05 bits per heavy atom. The van der Waals surface area contributed by atoms with Crippen molar-refractivity contribution < 1.29 is 8.78 Å². The van der Waals surface area contributed by atoms with Gasteiger partial charge in [-0.3, -0.25) is 10.1 Å². The molecule has 0 aliphatic rings. The largest absolute Gasteiger partial charge is 0.257 e. The molecule has 0 saturated carbocycles.